The van der Waals surface area contributed by atoms with E-state index in [4.69, 9.17) is 14.5 Å². The maximum atomic E-state index is 5.96. The monoisotopic (exact) mass is 359 g/mol. The molecular weight excluding hydrogens is 330 g/mol. The standard InChI is InChI=1S/C19H29N5O2/c1-19(2,3)18-22-14(11-25-5)9-17(23-18)21-13-6-7-26-16(8-13)15-10-20-12-24(15)4/h9-10,12-13,16H,6-8,11H2,1-5H3,(H,21,22,23)/t13-,16+/m1/s1. The predicted octanol–water partition coefficient (Wildman–Crippen LogP) is 2.99. The van der Waals surface area contributed by atoms with Crippen LogP contribution in [-0.2, 0) is 28.5 Å². The summed E-state index contributed by atoms with van der Waals surface area (Å²) in [6.07, 6.45) is 5.58. The fourth-order valence-electron chi connectivity index (χ4n) is 3.15. The van der Waals surface area contributed by atoms with Gasteiger partial charge >= 0.3 is 0 Å². The summed E-state index contributed by atoms with van der Waals surface area (Å²) in [4.78, 5) is 13.6. The third kappa shape index (κ3) is 4.40. The zero-order chi connectivity index (χ0) is 18.7. The van der Waals surface area contributed by atoms with Gasteiger partial charge in [-0.2, -0.15) is 0 Å². The Kier molecular flexibility index (Phi) is 5.58. The summed E-state index contributed by atoms with van der Waals surface area (Å²) in [7, 11) is 3.68. The van der Waals surface area contributed by atoms with Gasteiger partial charge in [0.05, 0.1) is 30.5 Å². The average molecular weight is 359 g/mol. The lowest BCUT2D eigenvalue weighted by Crippen LogP contribution is -2.31. The van der Waals surface area contributed by atoms with Crippen molar-refractivity contribution in [3.05, 3.63) is 35.8 Å². The van der Waals surface area contributed by atoms with Gasteiger partial charge < -0.3 is 19.4 Å². The van der Waals surface area contributed by atoms with Crippen molar-refractivity contribution in [1.82, 2.24) is 19.5 Å². The van der Waals surface area contributed by atoms with Crippen molar-refractivity contribution in [2.45, 2.75) is 57.8 Å². The largest absolute Gasteiger partial charge is 0.378 e. The Morgan fingerprint density at radius 2 is 2.15 bits per heavy atom. The van der Waals surface area contributed by atoms with Crippen LogP contribution in [0.2, 0.25) is 0 Å². The molecule has 2 aromatic heterocycles. The number of hydrogen-bond donors (Lipinski definition) is 1. The molecule has 1 saturated heterocycles. The number of ether oxygens (including phenoxy) is 2. The third-order valence-corrected chi connectivity index (χ3v) is 4.56. The van der Waals surface area contributed by atoms with E-state index in [0.717, 1.165) is 42.5 Å². The second kappa shape index (κ2) is 7.72. The van der Waals surface area contributed by atoms with E-state index in [-0.39, 0.29) is 11.5 Å². The SMILES string of the molecule is COCc1cc(N[C@@H]2CCO[C@H](c3cncn3C)C2)nc(C(C)(C)C)n1. The van der Waals surface area contributed by atoms with Crippen LogP contribution in [0, 0.1) is 0 Å². The van der Waals surface area contributed by atoms with Crippen molar-refractivity contribution in [3.63, 3.8) is 0 Å². The molecule has 1 N–H and O–H groups in total. The van der Waals surface area contributed by atoms with E-state index in [2.05, 4.69) is 36.1 Å². The molecule has 0 bridgehead atoms. The first kappa shape index (κ1) is 18.8. The Morgan fingerprint density at radius 3 is 2.81 bits per heavy atom. The number of methoxy groups -OCH3 is 1. The van der Waals surface area contributed by atoms with E-state index in [1.165, 1.54) is 0 Å². The number of nitrogens with one attached hydrogen (secondary N) is 1. The van der Waals surface area contributed by atoms with E-state index in [1.807, 2.05) is 30.2 Å². The number of hydrogen-bond acceptors (Lipinski definition) is 6. The van der Waals surface area contributed by atoms with Crippen LogP contribution in [0.25, 0.3) is 0 Å². The van der Waals surface area contributed by atoms with Gasteiger partial charge in [-0.1, -0.05) is 20.8 Å². The summed E-state index contributed by atoms with van der Waals surface area (Å²) in [6.45, 7) is 7.56. The zero-order valence-corrected chi connectivity index (χ0v) is 16.3. The number of rotatable bonds is 5. The molecular formula is C19H29N5O2. The van der Waals surface area contributed by atoms with E-state index in [9.17, 15) is 0 Å². The number of nitrogens with zero attached hydrogens (tertiary/aromatic N) is 4. The second-order valence-corrected chi connectivity index (χ2v) is 7.91. The van der Waals surface area contributed by atoms with Gasteiger partial charge in [0.25, 0.3) is 0 Å². The van der Waals surface area contributed by atoms with Crippen molar-refractivity contribution < 1.29 is 9.47 Å². The fourth-order valence-corrected chi connectivity index (χ4v) is 3.15. The molecule has 0 aromatic carbocycles. The van der Waals surface area contributed by atoms with Crippen LogP contribution < -0.4 is 5.32 Å². The zero-order valence-electron chi connectivity index (χ0n) is 16.3. The van der Waals surface area contributed by atoms with Crippen LogP contribution in [0.1, 0.15) is 56.9 Å². The molecule has 142 valence electrons. The molecule has 2 atom stereocenters. The smallest absolute Gasteiger partial charge is 0.136 e. The van der Waals surface area contributed by atoms with Crippen molar-refractivity contribution in [2.75, 3.05) is 19.0 Å². The molecule has 3 heterocycles. The molecule has 0 amide bonds. The Hall–Kier alpha value is -1.99. The van der Waals surface area contributed by atoms with E-state index < -0.39 is 0 Å². The van der Waals surface area contributed by atoms with Gasteiger partial charge in [-0.05, 0) is 12.8 Å². The van der Waals surface area contributed by atoms with Gasteiger partial charge in [0.1, 0.15) is 17.7 Å². The normalized spacial score (nSPS) is 21.0. The number of anilines is 1. The van der Waals surface area contributed by atoms with Gasteiger partial charge in [0.2, 0.25) is 0 Å². The fraction of sp³-hybridized carbons (Fsp3) is 0.632. The Morgan fingerprint density at radius 1 is 1.35 bits per heavy atom. The average Bonchev–Trinajstić information content (AvgIpc) is 3.00. The van der Waals surface area contributed by atoms with Crippen LogP contribution in [-0.4, -0.2) is 39.3 Å². The molecule has 26 heavy (non-hydrogen) atoms. The highest BCUT2D eigenvalue weighted by molar-refractivity contribution is 5.38. The number of aromatic nitrogens is 4. The molecule has 7 heteroatoms. The molecule has 1 aliphatic heterocycles. The molecule has 1 fully saturated rings. The summed E-state index contributed by atoms with van der Waals surface area (Å²) < 4.78 is 13.2. The van der Waals surface area contributed by atoms with Gasteiger partial charge in [-0.15, -0.1) is 0 Å². The van der Waals surface area contributed by atoms with E-state index in [1.54, 1.807) is 7.11 Å². The molecule has 0 unspecified atom stereocenters. The maximum Gasteiger partial charge on any atom is 0.136 e. The molecule has 7 nitrogen and oxygen atoms in total. The van der Waals surface area contributed by atoms with Crippen LogP contribution in [0.5, 0.6) is 0 Å². The number of aryl methyl sites for hydroxylation is 1. The lowest BCUT2D eigenvalue weighted by molar-refractivity contribution is 0.00553. The molecule has 2 aromatic rings. The quantitative estimate of drug-likeness (QED) is 0.885. The molecule has 0 saturated carbocycles. The minimum Gasteiger partial charge on any atom is -0.378 e. The van der Waals surface area contributed by atoms with Gasteiger partial charge in [-0.25, -0.2) is 15.0 Å². The van der Waals surface area contributed by atoms with Crippen LogP contribution in [0.4, 0.5) is 5.82 Å². The summed E-state index contributed by atoms with van der Waals surface area (Å²) in [5, 5.41) is 3.59. The summed E-state index contributed by atoms with van der Waals surface area (Å²) in [5.74, 6) is 1.68. The first-order valence-corrected chi connectivity index (χ1v) is 9.08. The summed E-state index contributed by atoms with van der Waals surface area (Å²) in [5.41, 5.74) is 1.88. The van der Waals surface area contributed by atoms with Gasteiger partial charge in [0.15, 0.2) is 0 Å². The molecule has 0 radical (unpaired) electrons. The Labute approximate surface area is 155 Å². The highest BCUT2D eigenvalue weighted by atomic mass is 16.5. The molecule has 0 aliphatic carbocycles. The minimum atomic E-state index is -0.118. The Balaban J connectivity index is 1.77. The lowest BCUT2D eigenvalue weighted by Gasteiger charge is -2.31. The molecule has 3 rings (SSSR count). The van der Waals surface area contributed by atoms with Gasteiger partial charge in [0, 0.05) is 38.3 Å². The Bertz CT molecular complexity index is 738. The summed E-state index contributed by atoms with van der Waals surface area (Å²) >= 11 is 0. The maximum absolute atomic E-state index is 5.96. The molecule has 1 aliphatic rings. The highest BCUT2D eigenvalue weighted by Gasteiger charge is 2.27. The summed E-state index contributed by atoms with van der Waals surface area (Å²) in [6, 6.07) is 2.27. The topological polar surface area (TPSA) is 74.1 Å². The molecule has 0 spiro atoms. The van der Waals surface area contributed by atoms with Crippen molar-refractivity contribution in [2.24, 2.45) is 7.05 Å². The van der Waals surface area contributed by atoms with E-state index in [0.29, 0.717) is 12.6 Å². The van der Waals surface area contributed by atoms with E-state index >= 15 is 0 Å². The minimum absolute atomic E-state index is 0.0520. The van der Waals surface area contributed by atoms with Crippen molar-refractivity contribution in [3.8, 4) is 0 Å². The van der Waals surface area contributed by atoms with Crippen LogP contribution in [0.3, 0.4) is 0 Å². The lowest BCUT2D eigenvalue weighted by atomic mass is 9.95. The van der Waals surface area contributed by atoms with Crippen molar-refractivity contribution >= 4 is 5.82 Å². The first-order chi connectivity index (χ1) is 12.4. The van der Waals surface area contributed by atoms with Gasteiger partial charge in [-0.3, -0.25) is 0 Å². The third-order valence-electron chi connectivity index (χ3n) is 4.56. The first-order valence-electron chi connectivity index (χ1n) is 9.08. The highest BCUT2D eigenvalue weighted by Crippen LogP contribution is 2.29. The van der Waals surface area contributed by atoms with Crippen LogP contribution in [0.15, 0.2) is 18.6 Å². The number of imidazole rings is 1. The second-order valence-electron chi connectivity index (χ2n) is 7.91. The predicted molar refractivity (Wildman–Crippen MR) is 100.0 cm³/mol. The van der Waals surface area contributed by atoms with Crippen molar-refractivity contribution in [1.29, 1.82) is 0 Å². The van der Waals surface area contributed by atoms with Crippen LogP contribution >= 0.6 is 0 Å².